The van der Waals surface area contributed by atoms with Crippen molar-refractivity contribution in [1.29, 1.82) is 0 Å². The van der Waals surface area contributed by atoms with Crippen LogP contribution in [0, 0.1) is 12.3 Å². The Balaban J connectivity index is 3.05. The SMILES string of the molecule is CCCNc1nc(CC(C)(C)C)nc(C)c1CC. The normalized spacial score (nSPS) is 11.7. The van der Waals surface area contributed by atoms with Crippen molar-refractivity contribution in [2.75, 3.05) is 11.9 Å². The molecule has 0 spiro atoms. The summed E-state index contributed by atoms with van der Waals surface area (Å²) < 4.78 is 0. The lowest BCUT2D eigenvalue weighted by atomic mass is 9.92. The van der Waals surface area contributed by atoms with E-state index < -0.39 is 0 Å². The van der Waals surface area contributed by atoms with Crippen LogP contribution in [0.4, 0.5) is 5.82 Å². The molecule has 1 N–H and O–H groups in total. The third kappa shape index (κ3) is 4.28. The van der Waals surface area contributed by atoms with Gasteiger partial charge in [-0.3, -0.25) is 0 Å². The highest BCUT2D eigenvalue weighted by molar-refractivity contribution is 5.46. The van der Waals surface area contributed by atoms with Crippen LogP contribution in [0.2, 0.25) is 0 Å². The lowest BCUT2D eigenvalue weighted by Crippen LogP contribution is -2.16. The molecule has 18 heavy (non-hydrogen) atoms. The first-order valence-corrected chi connectivity index (χ1v) is 6.97. The van der Waals surface area contributed by atoms with Crippen LogP contribution < -0.4 is 5.32 Å². The van der Waals surface area contributed by atoms with E-state index in [9.17, 15) is 0 Å². The van der Waals surface area contributed by atoms with Gasteiger partial charge in [-0.15, -0.1) is 0 Å². The van der Waals surface area contributed by atoms with Crippen molar-refractivity contribution in [2.45, 2.75) is 60.8 Å². The second-order valence-electron chi connectivity index (χ2n) is 6.07. The topological polar surface area (TPSA) is 37.8 Å². The third-order valence-electron chi connectivity index (χ3n) is 2.84. The number of rotatable bonds is 5. The molecule has 1 rings (SSSR count). The molecule has 0 bridgehead atoms. The number of hydrogen-bond donors (Lipinski definition) is 1. The first-order chi connectivity index (χ1) is 8.37. The Kier molecular flexibility index (Phi) is 5.12. The highest BCUT2D eigenvalue weighted by Gasteiger charge is 2.16. The van der Waals surface area contributed by atoms with E-state index in [0.29, 0.717) is 0 Å². The second-order valence-corrected chi connectivity index (χ2v) is 6.07. The molecule has 0 saturated heterocycles. The van der Waals surface area contributed by atoms with Gasteiger partial charge in [0, 0.05) is 24.2 Å². The smallest absolute Gasteiger partial charge is 0.133 e. The number of nitrogens with one attached hydrogen (secondary N) is 1. The Hall–Kier alpha value is -1.12. The Morgan fingerprint density at radius 2 is 1.78 bits per heavy atom. The maximum Gasteiger partial charge on any atom is 0.133 e. The van der Waals surface area contributed by atoms with Crippen LogP contribution in [0.5, 0.6) is 0 Å². The minimum absolute atomic E-state index is 0.224. The predicted octanol–water partition coefficient (Wildman–Crippen LogP) is 3.76. The van der Waals surface area contributed by atoms with Gasteiger partial charge in [-0.05, 0) is 25.2 Å². The average molecular weight is 249 g/mol. The van der Waals surface area contributed by atoms with Crippen molar-refractivity contribution in [3.63, 3.8) is 0 Å². The molecular formula is C15H27N3. The average Bonchev–Trinajstić information content (AvgIpc) is 2.23. The summed E-state index contributed by atoms with van der Waals surface area (Å²) in [5.41, 5.74) is 2.59. The number of aromatic nitrogens is 2. The van der Waals surface area contributed by atoms with Crippen LogP contribution in [0.1, 0.15) is 58.1 Å². The van der Waals surface area contributed by atoms with Crippen molar-refractivity contribution in [3.05, 3.63) is 17.1 Å². The van der Waals surface area contributed by atoms with Gasteiger partial charge in [0.15, 0.2) is 0 Å². The maximum atomic E-state index is 4.71. The highest BCUT2D eigenvalue weighted by Crippen LogP contribution is 2.22. The predicted molar refractivity (Wildman–Crippen MR) is 78.1 cm³/mol. The van der Waals surface area contributed by atoms with Gasteiger partial charge in [-0.25, -0.2) is 9.97 Å². The number of nitrogens with zero attached hydrogens (tertiary/aromatic N) is 2. The van der Waals surface area contributed by atoms with E-state index in [1.165, 1.54) is 5.56 Å². The summed E-state index contributed by atoms with van der Waals surface area (Å²) in [4.78, 5) is 9.35. The van der Waals surface area contributed by atoms with Crippen molar-refractivity contribution in [3.8, 4) is 0 Å². The molecule has 3 nitrogen and oxygen atoms in total. The third-order valence-corrected chi connectivity index (χ3v) is 2.84. The van der Waals surface area contributed by atoms with Gasteiger partial charge in [0.1, 0.15) is 11.6 Å². The van der Waals surface area contributed by atoms with Crippen LogP contribution in [-0.4, -0.2) is 16.5 Å². The van der Waals surface area contributed by atoms with Gasteiger partial charge in [0.25, 0.3) is 0 Å². The standard InChI is InChI=1S/C15H27N3/c1-7-9-16-14-12(8-2)11(3)17-13(18-14)10-15(4,5)6/h7-10H2,1-6H3,(H,16,17,18). The van der Waals surface area contributed by atoms with Crippen molar-refractivity contribution < 1.29 is 0 Å². The fourth-order valence-electron chi connectivity index (χ4n) is 2.02. The summed E-state index contributed by atoms with van der Waals surface area (Å²) in [5.74, 6) is 1.99. The van der Waals surface area contributed by atoms with Crippen molar-refractivity contribution >= 4 is 5.82 Å². The van der Waals surface area contributed by atoms with Gasteiger partial charge in [-0.1, -0.05) is 34.6 Å². The molecule has 3 heteroatoms. The van der Waals surface area contributed by atoms with Crippen LogP contribution in [-0.2, 0) is 12.8 Å². The zero-order valence-electron chi connectivity index (χ0n) is 12.7. The Morgan fingerprint density at radius 3 is 2.28 bits per heavy atom. The van der Waals surface area contributed by atoms with Gasteiger partial charge in [0.05, 0.1) is 0 Å². The molecule has 1 aromatic rings. The van der Waals surface area contributed by atoms with E-state index in [4.69, 9.17) is 4.98 Å². The Labute approximate surface area is 111 Å². The van der Waals surface area contributed by atoms with E-state index in [2.05, 4.69) is 51.8 Å². The molecule has 0 aliphatic heterocycles. The zero-order chi connectivity index (χ0) is 13.8. The van der Waals surface area contributed by atoms with Gasteiger partial charge in [-0.2, -0.15) is 0 Å². The molecule has 0 aromatic carbocycles. The molecule has 0 fully saturated rings. The van der Waals surface area contributed by atoms with Crippen molar-refractivity contribution in [1.82, 2.24) is 9.97 Å². The van der Waals surface area contributed by atoms with E-state index in [-0.39, 0.29) is 5.41 Å². The minimum atomic E-state index is 0.224. The quantitative estimate of drug-likeness (QED) is 0.863. The number of anilines is 1. The molecule has 0 unspecified atom stereocenters. The van der Waals surface area contributed by atoms with Crippen LogP contribution >= 0.6 is 0 Å². The van der Waals surface area contributed by atoms with Crippen LogP contribution in [0.3, 0.4) is 0 Å². The highest BCUT2D eigenvalue weighted by atomic mass is 15.0. The first kappa shape index (κ1) is 14.9. The largest absolute Gasteiger partial charge is 0.370 e. The molecule has 0 radical (unpaired) electrons. The van der Waals surface area contributed by atoms with E-state index in [1.807, 2.05) is 0 Å². The van der Waals surface area contributed by atoms with E-state index in [1.54, 1.807) is 0 Å². The molecular weight excluding hydrogens is 222 g/mol. The summed E-state index contributed by atoms with van der Waals surface area (Å²) >= 11 is 0. The zero-order valence-corrected chi connectivity index (χ0v) is 12.7. The first-order valence-electron chi connectivity index (χ1n) is 6.97. The summed E-state index contributed by atoms with van der Waals surface area (Å²) in [6, 6.07) is 0. The molecule has 0 aliphatic rings. The number of aryl methyl sites for hydroxylation is 1. The summed E-state index contributed by atoms with van der Waals surface area (Å²) in [6.45, 7) is 14.0. The molecule has 0 amide bonds. The number of hydrogen-bond acceptors (Lipinski definition) is 3. The summed E-state index contributed by atoms with van der Waals surface area (Å²) in [7, 11) is 0. The van der Waals surface area contributed by atoms with E-state index in [0.717, 1.165) is 43.1 Å². The summed E-state index contributed by atoms with van der Waals surface area (Å²) in [6.07, 6.45) is 3.01. The second kappa shape index (κ2) is 6.17. The maximum absolute atomic E-state index is 4.71. The molecule has 0 saturated carbocycles. The van der Waals surface area contributed by atoms with E-state index >= 15 is 0 Å². The van der Waals surface area contributed by atoms with Gasteiger partial charge >= 0.3 is 0 Å². The Bertz CT molecular complexity index is 391. The molecule has 0 atom stereocenters. The van der Waals surface area contributed by atoms with Crippen molar-refractivity contribution in [2.24, 2.45) is 5.41 Å². The lowest BCUT2D eigenvalue weighted by molar-refractivity contribution is 0.400. The molecule has 1 heterocycles. The summed E-state index contributed by atoms with van der Waals surface area (Å²) in [5, 5.41) is 3.43. The minimum Gasteiger partial charge on any atom is -0.370 e. The van der Waals surface area contributed by atoms with Crippen LogP contribution in [0.25, 0.3) is 0 Å². The Morgan fingerprint density at radius 1 is 1.11 bits per heavy atom. The molecule has 0 aliphatic carbocycles. The van der Waals surface area contributed by atoms with Gasteiger partial charge in [0.2, 0.25) is 0 Å². The van der Waals surface area contributed by atoms with Gasteiger partial charge < -0.3 is 5.32 Å². The monoisotopic (exact) mass is 249 g/mol. The molecule has 102 valence electrons. The van der Waals surface area contributed by atoms with Crippen LogP contribution in [0.15, 0.2) is 0 Å². The lowest BCUT2D eigenvalue weighted by Gasteiger charge is -2.19. The fraction of sp³-hybridized carbons (Fsp3) is 0.733. The fourth-order valence-corrected chi connectivity index (χ4v) is 2.02. The molecule has 1 aromatic heterocycles.